The van der Waals surface area contributed by atoms with E-state index >= 15 is 0 Å². The Morgan fingerprint density at radius 3 is 2.56 bits per heavy atom. The van der Waals surface area contributed by atoms with Crippen molar-refractivity contribution in [2.24, 2.45) is 0 Å². The zero-order valence-corrected chi connectivity index (χ0v) is 10.7. The Morgan fingerprint density at radius 2 is 2.00 bits per heavy atom. The Bertz CT molecular complexity index is 535. The average molecular weight is 266 g/mol. The maximum Gasteiger partial charge on any atom is 0.252 e. The van der Waals surface area contributed by atoms with E-state index in [2.05, 4.69) is 20.0 Å². The van der Waals surface area contributed by atoms with Crippen LogP contribution in [0.1, 0.15) is 30.0 Å². The van der Waals surface area contributed by atoms with Crippen molar-refractivity contribution in [2.45, 2.75) is 19.4 Å². The quantitative estimate of drug-likeness (QED) is 0.925. The lowest BCUT2D eigenvalue weighted by molar-refractivity contribution is 0.0907. The molecule has 2 aromatic rings. The molecule has 1 aromatic heterocycles. The van der Waals surface area contributed by atoms with Gasteiger partial charge in [0.1, 0.15) is 0 Å². The molecule has 5 nitrogen and oxygen atoms in total. The number of carbonyl (C=O) groups is 1. The largest absolute Gasteiger partial charge is 0.343 e. The molecule has 0 bridgehead atoms. The van der Waals surface area contributed by atoms with Gasteiger partial charge in [-0.25, -0.2) is 0 Å². The van der Waals surface area contributed by atoms with E-state index in [-0.39, 0.29) is 5.91 Å². The Kier molecular flexibility index (Phi) is 3.34. The highest BCUT2D eigenvalue weighted by molar-refractivity contribution is 6.30. The number of benzene rings is 1. The lowest BCUT2D eigenvalue weighted by Gasteiger charge is -2.22. The van der Waals surface area contributed by atoms with Crippen molar-refractivity contribution in [1.82, 2.24) is 15.5 Å². The van der Waals surface area contributed by atoms with Crippen LogP contribution in [0.25, 0.3) is 0 Å². The van der Waals surface area contributed by atoms with Gasteiger partial charge in [-0.15, -0.1) is 0 Å². The molecule has 1 N–H and O–H groups in total. The summed E-state index contributed by atoms with van der Waals surface area (Å²) in [5, 5.41) is 7.14. The predicted octanol–water partition coefficient (Wildman–Crippen LogP) is 2.39. The lowest BCUT2D eigenvalue weighted by atomic mass is 10.0. The second-order valence-electron chi connectivity index (χ2n) is 4.34. The van der Waals surface area contributed by atoms with Crippen LogP contribution in [0.4, 0.5) is 0 Å². The Balaban J connectivity index is 2.14. The van der Waals surface area contributed by atoms with Crippen LogP contribution >= 0.6 is 11.6 Å². The maximum absolute atomic E-state index is 12.0. The van der Waals surface area contributed by atoms with Gasteiger partial charge in [0.25, 0.3) is 5.91 Å². The molecule has 1 aromatic carbocycles. The Labute approximate surface area is 109 Å². The first kappa shape index (κ1) is 12.6. The molecule has 0 saturated carbocycles. The third kappa shape index (κ3) is 2.68. The van der Waals surface area contributed by atoms with Gasteiger partial charge in [-0.2, -0.15) is 4.98 Å². The van der Waals surface area contributed by atoms with Gasteiger partial charge in [-0.1, -0.05) is 16.8 Å². The maximum atomic E-state index is 12.0. The number of nitrogens with one attached hydrogen (secondary N) is 1. The summed E-state index contributed by atoms with van der Waals surface area (Å²) in [5.41, 5.74) is -0.181. The second kappa shape index (κ2) is 4.78. The van der Waals surface area contributed by atoms with Crippen LogP contribution in [0.2, 0.25) is 5.02 Å². The molecule has 0 aliphatic heterocycles. The summed E-state index contributed by atoms with van der Waals surface area (Å²) in [6.45, 7) is 3.59. The Hall–Kier alpha value is -1.88. The number of hydrogen-bond acceptors (Lipinski definition) is 4. The van der Waals surface area contributed by atoms with E-state index in [1.54, 1.807) is 38.1 Å². The van der Waals surface area contributed by atoms with Crippen LogP contribution in [0.5, 0.6) is 0 Å². The van der Waals surface area contributed by atoms with Crippen LogP contribution < -0.4 is 5.32 Å². The van der Waals surface area contributed by atoms with Crippen molar-refractivity contribution in [3.8, 4) is 0 Å². The number of carbonyl (C=O) groups excluding carboxylic acids is 1. The standard InChI is InChI=1S/C12H12ClN3O2/c1-12(2,11-14-7-18-16-11)15-10(17)8-3-5-9(13)6-4-8/h3-7H,1-2H3,(H,15,17). The van der Waals surface area contributed by atoms with Crippen LogP contribution in [0, 0.1) is 0 Å². The zero-order chi connectivity index (χ0) is 13.2. The van der Waals surface area contributed by atoms with Gasteiger partial charge in [0.15, 0.2) is 5.82 Å². The van der Waals surface area contributed by atoms with Crippen molar-refractivity contribution < 1.29 is 9.32 Å². The van der Waals surface area contributed by atoms with E-state index < -0.39 is 5.54 Å². The molecular weight excluding hydrogens is 254 g/mol. The third-order valence-electron chi connectivity index (χ3n) is 2.45. The smallest absolute Gasteiger partial charge is 0.252 e. The minimum absolute atomic E-state index is 0.221. The number of nitrogens with zero attached hydrogens (tertiary/aromatic N) is 2. The molecule has 0 atom stereocenters. The van der Waals surface area contributed by atoms with Crippen molar-refractivity contribution in [3.63, 3.8) is 0 Å². The lowest BCUT2D eigenvalue weighted by Crippen LogP contribution is -2.41. The first-order valence-electron chi connectivity index (χ1n) is 5.34. The number of amides is 1. The number of hydrogen-bond donors (Lipinski definition) is 1. The second-order valence-corrected chi connectivity index (χ2v) is 4.78. The molecular formula is C12H12ClN3O2. The van der Waals surface area contributed by atoms with E-state index in [4.69, 9.17) is 11.6 Å². The average Bonchev–Trinajstić information content (AvgIpc) is 2.83. The van der Waals surface area contributed by atoms with Crippen molar-refractivity contribution >= 4 is 17.5 Å². The summed E-state index contributed by atoms with van der Waals surface area (Å²) in [4.78, 5) is 16.0. The molecule has 2 rings (SSSR count). The summed E-state index contributed by atoms with van der Waals surface area (Å²) < 4.78 is 4.67. The highest BCUT2D eigenvalue weighted by Gasteiger charge is 2.27. The minimum Gasteiger partial charge on any atom is -0.343 e. The number of rotatable bonds is 3. The summed E-state index contributed by atoms with van der Waals surface area (Å²) in [6, 6.07) is 6.64. The molecule has 1 heterocycles. The zero-order valence-electron chi connectivity index (χ0n) is 9.98. The van der Waals surface area contributed by atoms with Gasteiger partial charge in [-0.05, 0) is 38.1 Å². The van der Waals surface area contributed by atoms with E-state index in [0.29, 0.717) is 16.4 Å². The van der Waals surface area contributed by atoms with Gasteiger partial charge in [-0.3, -0.25) is 4.79 Å². The predicted molar refractivity (Wildman–Crippen MR) is 66.2 cm³/mol. The summed E-state index contributed by atoms with van der Waals surface area (Å²) in [5.74, 6) is 0.200. The van der Waals surface area contributed by atoms with Crippen molar-refractivity contribution in [3.05, 3.63) is 47.1 Å². The monoisotopic (exact) mass is 265 g/mol. The topological polar surface area (TPSA) is 68.0 Å². The molecule has 0 saturated heterocycles. The Morgan fingerprint density at radius 1 is 1.33 bits per heavy atom. The van der Waals surface area contributed by atoms with Gasteiger partial charge in [0.05, 0.1) is 5.54 Å². The SMILES string of the molecule is CC(C)(NC(=O)c1ccc(Cl)cc1)c1ncon1. The third-order valence-corrected chi connectivity index (χ3v) is 2.70. The molecule has 0 aliphatic rings. The number of halogens is 1. The fourth-order valence-electron chi connectivity index (χ4n) is 1.46. The van der Waals surface area contributed by atoms with Crippen LogP contribution in [0.3, 0.4) is 0 Å². The van der Waals surface area contributed by atoms with E-state index in [1.165, 1.54) is 6.39 Å². The van der Waals surface area contributed by atoms with Gasteiger partial charge in [0, 0.05) is 10.6 Å². The van der Waals surface area contributed by atoms with E-state index in [9.17, 15) is 4.79 Å². The van der Waals surface area contributed by atoms with Gasteiger partial charge in [0.2, 0.25) is 6.39 Å². The minimum atomic E-state index is -0.705. The number of aromatic nitrogens is 2. The first-order valence-corrected chi connectivity index (χ1v) is 5.72. The molecule has 0 fully saturated rings. The summed E-state index contributed by atoms with van der Waals surface area (Å²) >= 11 is 5.77. The molecule has 0 unspecified atom stereocenters. The van der Waals surface area contributed by atoms with Crippen LogP contribution in [0.15, 0.2) is 35.2 Å². The van der Waals surface area contributed by atoms with Gasteiger partial charge < -0.3 is 9.84 Å². The van der Waals surface area contributed by atoms with E-state index in [0.717, 1.165) is 0 Å². The molecule has 6 heteroatoms. The normalized spacial score (nSPS) is 11.3. The van der Waals surface area contributed by atoms with E-state index in [1.807, 2.05) is 0 Å². The molecule has 94 valence electrons. The van der Waals surface area contributed by atoms with Crippen molar-refractivity contribution in [1.29, 1.82) is 0 Å². The van der Waals surface area contributed by atoms with Crippen LogP contribution in [-0.4, -0.2) is 16.0 Å². The molecule has 0 spiro atoms. The first-order chi connectivity index (χ1) is 8.49. The summed E-state index contributed by atoms with van der Waals surface area (Å²) in [7, 11) is 0. The molecule has 1 amide bonds. The molecule has 0 aliphatic carbocycles. The van der Waals surface area contributed by atoms with Crippen molar-refractivity contribution in [2.75, 3.05) is 0 Å². The molecule has 0 radical (unpaired) electrons. The van der Waals surface area contributed by atoms with Gasteiger partial charge >= 0.3 is 0 Å². The summed E-state index contributed by atoms with van der Waals surface area (Å²) in [6.07, 6.45) is 1.23. The fraction of sp³-hybridized carbons (Fsp3) is 0.250. The highest BCUT2D eigenvalue weighted by atomic mass is 35.5. The van der Waals surface area contributed by atoms with Crippen LogP contribution in [-0.2, 0) is 5.54 Å². The molecule has 18 heavy (non-hydrogen) atoms. The highest BCUT2D eigenvalue weighted by Crippen LogP contribution is 2.17. The fourth-order valence-corrected chi connectivity index (χ4v) is 1.59.